The number of likely N-dealkylation sites (N-methyl/N-ethyl adjacent to an activating group) is 1. The Morgan fingerprint density at radius 3 is 2.38 bits per heavy atom. The van der Waals surface area contributed by atoms with E-state index < -0.39 is 0 Å². The second kappa shape index (κ2) is 6.12. The molecule has 0 aromatic heterocycles. The van der Waals surface area contributed by atoms with Gasteiger partial charge in [-0.05, 0) is 42.6 Å². The molecule has 0 fully saturated rings. The van der Waals surface area contributed by atoms with E-state index >= 15 is 0 Å². The molecule has 2 nitrogen and oxygen atoms in total. The summed E-state index contributed by atoms with van der Waals surface area (Å²) in [6.45, 7) is 7.31. The molecule has 1 aromatic carbocycles. The lowest BCUT2D eigenvalue weighted by Gasteiger charge is -2.21. The topological polar surface area (TPSA) is 32.3 Å². The first-order valence-electron chi connectivity index (χ1n) is 5.42. The molecule has 0 spiro atoms. The molecule has 2 N–H and O–H groups in total. The van der Waals surface area contributed by atoms with Crippen molar-refractivity contribution in [3.63, 3.8) is 0 Å². The van der Waals surface area contributed by atoms with Crippen LogP contribution in [0.4, 0.5) is 0 Å². The number of phenols is 1. The average molecular weight is 244 g/mol. The highest BCUT2D eigenvalue weighted by molar-refractivity contribution is 5.85. The Bertz CT molecular complexity index is 331. The molecule has 0 heterocycles. The molecule has 0 aliphatic heterocycles. The number of aromatic hydroxyl groups is 1. The van der Waals surface area contributed by atoms with Crippen molar-refractivity contribution in [2.75, 3.05) is 13.6 Å². The molecule has 0 bridgehead atoms. The summed E-state index contributed by atoms with van der Waals surface area (Å²) >= 11 is 0. The first-order valence-corrected chi connectivity index (χ1v) is 5.42. The minimum Gasteiger partial charge on any atom is -0.508 e. The highest BCUT2D eigenvalue weighted by Gasteiger charge is 2.17. The van der Waals surface area contributed by atoms with E-state index in [0.29, 0.717) is 5.75 Å². The number of hydrogen-bond acceptors (Lipinski definition) is 2. The van der Waals surface area contributed by atoms with E-state index in [1.165, 1.54) is 5.56 Å². The Hall–Kier alpha value is -0.730. The standard InChI is InChI=1S/C13H21NO.ClH/c1-13(2,3)11-9-10(7-8-14-4)5-6-12(11)15;/h5-6,9,14-15H,7-8H2,1-4H3;1H. The van der Waals surface area contributed by atoms with Gasteiger partial charge in [0.25, 0.3) is 0 Å². The van der Waals surface area contributed by atoms with Gasteiger partial charge in [-0.25, -0.2) is 0 Å². The highest BCUT2D eigenvalue weighted by Crippen LogP contribution is 2.31. The maximum Gasteiger partial charge on any atom is 0.119 e. The molecule has 0 saturated carbocycles. The van der Waals surface area contributed by atoms with Crippen LogP contribution in [0.2, 0.25) is 0 Å². The van der Waals surface area contributed by atoms with Crippen LogP contribution in [0.1, 0.15) is 31.9 Å². The minimum absolute atomic E-state index is 0. The SMILES string of the molecule is CNCCc1ccc(O)c(C(C)(C)C)c1.Cl. The largest absolute Gasteiger partial charge is 0.508 e. The maximum absolute atomic E-state index is 9.78. The van der Waals surface area contributed by atoms with Crippen molar-refractivity contribution in [1.82, 2.24) is 5.32 Å². The number of phenolic OH excluding ortho intramolecular Hbond substituents is 1. The lowest BCUT2D eigenvalue weighted by Crippen LogP contribution is -2.14. The fourth-order valence-electron chi connectivity index (χ4n) is 1.61. The summed E-state index contributed by atoms with van der Waals surface area (Å²) < 4.78 is 0. The molecular formula is C13H22ClNO. The van der Waals surface area contributed by atoms with Crippen molar-refractivity contribution in [3.8, 4) is 5.75 Å². The van der Waals surface area contributed by atoms with Gasteiger partial charge in [0.2, 0.25) is 0 Å². The average Bonchev–Trinajstić information content (AvgIpc) is 2.15. The van der Waals surface area contributed by atoms with Gasteiger partial charge in [0.05, 0.1) is 0 Å². The fraction of sp³-hybridized carbons (Fsp3) is 0.538. The Labute approximate surface area is 104 Å². The number of benzene rings is 1. The van der Waals surface area contributed by atoms with Gasteiger partial charge in [-0.15, -0.1) is 12.4 Å². The molecule has 0 aliphatic rings. The minimum atomic E-state index is -0.000261. The van der Waals surface area contributed by atoms with Crippen LogP contribution in [-0.4, -0.2) is 18.7 Å². The van der Waals surface area contributed by atoms with E-state index in [9.17, 15) is 5.11 Å². The molecule has 0 aliphatic carbocycles. The van der Waals surface area contributed by atoms with Gasteiger partial charge < -0.3 is 10.4 Å². The molecule has 16 heavy (non-hydrogen) atoms. The molecule has 0 amide bonds. The van der Waals surface area contributed by atoms with Crippen LogP contribution in [0.5, 0.6) is 5.75 Å². The van der Waals surface area contributed by atoms with Gasteiger partial charge in [0.15, 0.2) is 0 Å². The lowest BCUT2D eigenvalue weighted by atomic mass is 9.85. The number of nitrogens with one attached hydrogen (secondary N) is 1. The molecule has 1 aromatic rings. The predicted octanol–water partition coefficient (Wildman–Crippen LogP) is 2.87. The zero-order chi connectivity index (χ0) is 11.5. The molecule has 0 saturated heterocycles. The molecule has 1 rings (SSSR count). The number of rotatable bonds is 3. The van der Waals surface area contributed by atoms with E-state index in [1.807, 2.05) is 13.1 Å². The monoisotopic (exact) mass is 243 g/mol. The third kappa shape index (κ3) is 4.03. The van der Waals surface area contributed by atoms with Crippen LogP contribution in [0.3, 0.4) is 0 Å². The smallest absolute Gasteiger partial charge is 0.119 e. The van der Waals surface area contributed by atoms with Gasteiger partial charge >= 0.3 is 0 Å². The summed E-state index contributed by atoms with van der Waals surface area (Å²) in [4.78, 5) is 0. The molecule has 0 unspecified atom stereocenters. The van der Waals surface area contributed by atoms with Crippen LogP contribution < -0.4 is 5.32 Å². The second-order valence-corrected chi connectivity index (χ2v) is 4.96. The molecule has 0 atom stereocenters. The third-order valence-corrected chi connectivity index (χ3v) is 2.53. The Morgan fingerprint density at radius 1 is 1.25 bits per heavy atom. The Morgan fingerprint density at radius 2 is 1.88 bits per heavy atom. The van der Waals surface area contributed by atoms with Crippen LogP contribution in [0.15, 0.2) is 18.2 Å². The second-order valence-electron chi connectivity index (χ2n) is 4.96. The first-order chi connectivity index (χ1) is 6.95. The van der Waals surface area contributed by atoms with E-state index in [0.717, 1.165) is 18.5 Å². The van der Waals surface area contributed by atoms with Crippen molar-refractivity contribution >= 4 is 12.4 Å². The van der Waals surface area contributed by atoms with E-state index in [4.69, 9.17) is 0 Å². The van der Waals surface area contributed by atoms with Crippen molar-refractivity contribution in [2.24, 2.45) is 0 Å². The van der Waals surface area contributed by atoms with Crippen molar-refractivity contribution < 1.29 is 5.11 Å². The fourth-order valence-corrected chi connectivity index (χ4v) is 1.61. The number of halogens is 1. The summed E-state index contributed by atoms with van der Waals surface area (Å²) in [6, 6.07) is 5.89. The third-order valence-electron chi connectivity index (χ3n) is 2.53. The maximum atomic E-state index is 9.78. The van der Waals surface area contributed by atoms with E-state index in [-0.39, 0.29) is 17.8 Å². The van der Waals surface area contributed by atoms with Crippen molar-refractivity contribution in [2.45, 2.75) is 32.6 Å². The van der Waals surface area contributed by atoms with Gasteiger partial charge in [0.1, 0.15) is 5.75 Å². The van der Waals surface area contributed by atoms with Gasteiger partial charge in [-0.3, -0.25) is 0 Å². The van der Waals surface area contributed by atoms with Crippen LogP contribution in [0, 0.1) is 0 Å². The molecular weight excluding hydrogens is 222 g/mol. The molecule has 0 radical (unpaired) electrons. The predicted molar refractivity (Wildman–Crippen MR) is 71.7 cm³/mol. The number of hydrogen-bond donors (Lipinski definition) is 2. The van der Waals surface area contributed by atoms with E-state index in [2.05, 4.69) is 32.2 Å². The van der Waals surface area contributed by atoms with Crippen LogP contribution >= 0.6 is 12.4 Å². The lowest BCUT2D eigenvalue weighted by molar-refractivity contribution is 0.446. The summed E-state index contributed by atoms with van der Waals surface area (Å²) in [5, 5.41) is 12.9. The Kier molecular flexibility index (Phi) is 5.84. The molecule has 3 heteroatoms. The van der Waals surface area contributed by atoms with Crippen molar-refractivity contribution in [1.29, 1.82) is 0 Å². The van der Waals surface area contributed by atoms with Crippen LogP contribution in [0.25, 0.3) is 0 Å². The molecule has 92 valence electrons. The quantitative estimate of drug-likeness (QED) is 0.856. The van der Waals surface area contributed by atoms with E-state index in [1.54, 1.807) is 6.07 Å². The van der Waals surface area contributed by atoms with Crippen molar-refractivity contribution in [3.05, 3.63) is 29.3 Å². The zero-order valence-corrected chi connectivity index (χ0v) is 11.3. The summed E-state index contributed by atoms with van der Waals surface area (Å²) in [6.07, 6.45) is 1.000. The van der Waals surface area contributed by atoms with Gasteiger partial charge in [-0.2, -0.15) is 0 Å². The van der Waals surface area contributed by atoms with Gasteiger partial charge in [0, 0.05) is 0 Å². The highest BCUT2D eigenvalue weighted by atomic mass is 35.5. The Balaban J connectivity index is 0.00000225. The first kappa shape index (κ1) is 15.3. The van der Waals surface area contributed by atoms with Crippen LogP contribution in [-0.2, 0) is 11.8 Å². The normalized spacial score (nSPS) is 11.0. The van der Waals surface area contributed by atoms with Gasteiger partial charge in [-0.1, -0.05) is 32.9 Å². The zero-order valence-electron chi connectivity index (χ0n) is 10.5. The summed E-state index contributed by atoms with van der Waals surface area (Å²) in [5.41, 5.74) is 2.29. The summed E-state index contributed by atoms with van der Waals surface area (Å²) in [7, 11) is 1.95. The summed E-state index contributed by atoms with van der Waals surface area (Å²) in [5.74, 6) is 0.399.